The molecule has 0 amide bonds. The van der Waals surface area contributed by atoms with E-state index < -0.39 is 15.8 Å². The van der Waals surface area contributed by atoms with Gasteiger partial charge in [0.15, 0.2) is 11.6 Å². The van der Waals surface area contributed by atoms with Gasteiger partial charge in [-0.2, -0.15) is 0 Å². The van der Waals surface area contributed by atoms with Crippen LogP contribution in [0, 0.1) is 5.82 Å². The number of hydrogen-bond donors (Lipinski definition) is 2. The summed E-state index contributed by atoms with van der Waals surface area (Å²) in [5, 5.41) is 0. The maximum Gasteiger partial charge on any atom is 0.240 e. The molecule has 0 spiro atoms. The first-order valence-corrected chi connectivity index (χ1v) is 8.26. The Labute approximate surface area is 123 Å². The van der Waals surface area contributed by atoms with Gasteiger partial charge in [0, 0.05) is 6.07 Å². The average Bonchev–Trinajstić information content (AvgIpc) is 2.48. The monoisotopic (exact) mass is 319 g/mol. The predicted molar refractivity (Wildman–Crippen MR) is 74.5 cm³/mol. The molecule has 6 nitrogen and oxygen atoms in total. The third-order valence-electron chi connectivity index (χ3n) is 3.40. The first-order valence-electron chi connectivity index (χ1n) is 6.77. The van der Waals surface area contributed by atoms with Gasteiger partial charge in [-0.05, 0) is 12.1 Å². The summed E-state index contributed by atoms with van der Waals surface area (Å²) in [7, 11) is -2.36. The van der Waals surface area contributed by atoms with Gasteiger partial charge >= 0.3 is 0 Å². The molecule has 1 aliphatic heterocycles. The second-order valence-corrected chi connectivity index (χ2v) is 6.57. The Morgan fingerprint density at radius 2 is 2.10 bits per heavy atom. The standard InChI is InChI=1S/C13H19FN2O4S/c1-19-13-10-11(2-3-12(13)14)21(17,18)15-4-5-16-6-8-20-9-7-16/h2-3,10,15H,4-9H2,1H3/p+1. The number of nitrogens with one attached hydrogen (secondary N) is 2. The van der Waals surface area contributed by atoms with E-state index in [1.54, 1.807) is 0 Å². The fourth-order valence-electron chi connectivity index (χ4n) is 2.16. The molecule has 0 aromatic heterocycles. The summed E-state index contributed by atoms with van der Waals surface area (Å²) in [6.45, 7) is 4.20. The summed E-state index contributed by atoms with van der Waals surface area (Å²) in [6.07, 6.45) is 0. The highest BCUT2D eigenvalue weighted by Crippen LogP contribution is 2.20. The van der Waals surface area contributed by atoms with E-state index in [0.717, 1.165) is 19.2 Å². The van der Waals surface area contributed by atoms with E-state index in [1.165, 1.54) is 24.1 Å². The van der Waals surface area contributed by atoms with Crippen LogP contribution >= 0.6 is 0 Å². The Hall–Kier alpha value is -1.22. The van der Waals surface area contributed by atoms with Crippen LogP contribution in [0.2, 0.25) is 0 Å². The number of methoxy groups -OCH3 is 1. The largest absolute Gasteiger partial charge is 0.494 e. The van der Waals surface area contributed by atoms with E-state index in [4.69, 9.17) is 9.47 Å². The smallest absolute Gasteiger partial charge is 0.240 e. The van der Waals surface area contributed by atoms with Crippen LogP contribution in [0.3, 0.4) is 0 Å². The number of quaternary nitrogens is 1. The number of morpholine rings is 1. The number of ether oxygens (including phenoxy) is 2. The molecule has 1 saturated heterocycles. The Kier molecular flexibility index (Phi) is 5.51. The number of hydrogen-bond acceptors (Lipinski definition) is 4. The lowest BCUT2D eigenvalue weighted by Gasteiger charge is -2.23. The van der Waals surface area contributed by atoms with Gasteiger partial charge in [0.05, 0.1) is 38.3 Å². The molecule has 2 N–H and O–H groups in total. The Balaban J connectivity index is 1.94. The highest BCUT2D eigenvalue weighted by molar-refractivity contribution is 7.89. The van der Waals surface area contributed by atoms with Crippen LogP contribution in [-0.4, -0.2) is 54.9 Å². The fourth-order valence-corrected chi connectivity index (χ4v) is 3.21. The molecule has 118 valence electrons. The first-order chi connectivity index (χ1) is 10.0. The second kappa shape index (κ2) is 7.17. The highest BCUT2D eigenvalue weighted by Gasteiger charge is 2.18. The molecule has 0 atom stereocenters. The third kappa shape index (κ3) is 4.37. The van der Waals surface area contributed by atoms with E-state index >= 15 is 0 Å². The molecule has 0 unspecified atom stereocenters. The summed E-state index contributed by atoms with van der Waals surface area (Å²) < 4.78 is 50.1. The minimum atomic E-state index is -3.65. The highest BCUT2D eigenvalue weighted by atomic mass is 32.2. The number of benzene rings is 1. The van der Waals surface area contributed by atoms with Gasteiger partial charge in [-0.25, -0.2) is 17.5 Å². The predicted octanol–water partition coefficient (Wildman–Crippen LogP) is -0.972. The number of rotatable bonds is 6. The summed E-state index contributed by atoms with van der Waals surface area (Å²) in [4.78, 5) is 1.30. The molecular formula is C13H20FN2O4S+. The number of halogens is 1. The van der Waals surface area contributed by atoms with Crippen molar-refractivity contribution < 1.29 is 27.2 Å². The molecule has 0 bridgehead atoms. The molecule has 1 aromatic rings. The van der Waals surface area contributed by atoms with E-state index in [2.05, 4.69) is 4.72 Å². The topological polar surface area (TPSA) is 69.1 Å². The zero-order chi connectivity index (χ0) is 15.3. The molecule has 1 aliphatic rings. The van der Waals surface area contributed by atoms with Crippen LogP contribution in [0.5, 0.6) is 5.75 Å². The van der Waals surface area contributed by atoms with Gasteiger partial charge in [0.1, 0.15) is 13.1 Å². The van der Waals surface area contributed by atoms with Crippen molar-refractivity contribution in [1.82, 2.24) is 4.72 Å². The maximum absolute atomic E-state index is 13.3. The van der Waals surface area contributed by atoms with Crippen molar-refractivity contribution in [3.8, 4) is 5.75 Å². The molecule has 8 heteroatoms. The van der Waals surface area contributed by atoms with E-state index in [9.17, 15) is 12.8 Å². The van der Waals surface area contributed by atoms with Crippen molar-refractivity contribution >= 4 is 10.0 Å². The van der Waals surface area contributed by atoms with Gasteiger partial charge < -0.3 is 14.4 Å². The maximum atomic E-state index is 13.3. The zero-order valence-corrected chi connectivity index (χ0v) is 12.7. The van der Waals surface area contributed by atoms with Crippen molar-refractivity contribution in [1.29, 1.82) is 0 Å². The lowest BCUT2D eigenvalue weighted by atomic mass is 10.3. The van der Waals surface area contributed by atoms with E-state index in [1.807, 2.05) is 0 Å². The van der Waals surface area contributed by atoms with Crippen molar-refractivity contribution in [3.63, 3.8) is 0 Å². The number of sulfonamides is 1. The minimum absolute atomic E-state index is 0.00210. The molecule has 0 aliphatic carbocycles. The summed E-state index contributed by atoms with van der Waals surface area (Å²) in [6, 6.07) is 3.49. The summed E-state index contributed by atoms with van der Waals surface area (Å²) in [5.74, 6) is -0.675. The second-order valence-electron chi connectivity index (χ2n) is 4.81. The van der Waals surface area contributed by atoms with Gasteiger partial charge in [0.2, 0.25) is 10.0 Å². The molecule has 2 rings (SSSR count). The zero-order valence-electron chi connectivity index (χ0n) is 11.9. The third-order valence-corrected chi connectivity index (χ3v) is 4.86. The molecule has 1 aromatic carbocycles. The quantitative estimate of drug-likeness (QED) is 0.708. The molecular weight excluding hydrogens is 299 g/mol. The normalized spacial score (nSPS) is 16.9. The first kappa shape index (κ1) is 16.2. The van der Waals surface area contributed by atoms with Crippen molar-refractivity contribution in [3.05, 3.63) is 24.0 Å². The summed E-state index contributed by atoms with van der Waals surface area (Å²) >= 11 is 0. The molecule has 0 saturated carbocycles. The lowest BCUT2D eigenvalue weighted by Crippen LogP contribution is -3.14. The molecule has 21 heavy (non-hydrogen) atoms. The average molecular weight is 319 g/mol. The Morgan fingerprint density at radius 1 is 1.38 bits per heavy atom. The molecule has 0 radical (unpaired) electrons. The van der Waals surface area contributed by atoms with Crippen LogP contribution < -0.4 is 14.4 Å². The van der Waals surface area contributed by atoms with Gasteiger partial charge in [-0.1, -0.05) is 0 Å². The van der Waals surface area contributed by atoms with Crippen LogP contribution in [-0.2, 0) is 14.8 Å². The van der Waals surface area contributed by atoms with Gasteiger partial charge in [-0.3, -0.25) is 0 Å². The van der Waals surface area contributed by atoms with Crippen LogP contribution in [0.15, 0.2) is 23.1 Å². The lowest BCUT2D eigenvalue weighted by molar-refractivity contribution is -0.906. The van der Waals surface area contributed by atoms with E-state index in [0.29, 0.717) is 26.3 Å². The van der Waals surface area contributed by atoms with Crippen molar-refractivity contribution in [2.24, 2.45) is 0 Å². The van der Waals surface area contributed by atoms with Crippen LogP contribution in [0.1, 0.15) is 0 Å². The van der Waals surface area contributed by atoms with Gasteiger partial charge in [-0.15, -0.1) is 0 Å². The Bertz CT molecular complexity index is 574. The van der Waals surface area contributed by atoms with Crippen LogP contribution in [0.4, 0.5) is 4.39 Å². The van der Waals surface area contributed by atoms with Crippen molar-refractivity contribution in [2.45, 2.75) is 4.90 Å². The minimum Gasteiger partial charge on any atom is -0.494 e. The molecule has 1 fully saturated rings. The summed E-state index contributed by atoms with van der Waals surface area (Å²) in [5.41, 5.74) is 0. The van der Waals surface area contributed by atoms with Crippen molar-refractivity contribution in [2.75, 3.05) is 46.5 Å². The fraction of sp³-hybridized carbons (Fsp3) is 0.538. The SMILES string of the molecule is COc1cc(S(=O)(=O)NCC[NH+]2CCOCC2)ccc1F. The Morgan fingerprint density at radius 3 is 2.76 bits per heavy atom. The van der Waals surface area contributed by atoms with E-state index in [-0.39, 0.29) is 10.6 Å². The van der Waals surface area contributed by atoms with Crippen LogP contribution in [0.25, 0.3) is 0 Å². The van der Waals surface area contributed by atoms with Gasteiger partial charge in [0.25, 0.3) is 0 Å². The molecule has 1 heterocycles.